The average molecular weight is 943 g/mol. The van der Waals surface area contributed by atoms with Crippen molar-refractivity contribution in [1.29, 1.82) is 0 Å². The van der Waals surface area contributed by atoms with Gasteiger partial charge in [0.25, 0.3) is 0 Å². The number of fused-ring (bicyclic) bond motifs is 1. The molecule has 3 nitrogen and oxygen atoms in total. The van der Waals surface area contributed by atoms with Crippen LogP contribution in [0.25, 0.3) is 77.9 Å². The molecule has 4 heteroatoms. The number of nitrogens with zero attached hydrogens (tertiary/aromatic N) is 2. The van der Waals surface area contributed by atoms with Gasteiger partial charge in [-0.05, 0) is 85.3 Å². The zero-order chi connectivity index (χ0) is 39.6. The summed E-state index contributed by atoms with van der Waals surface area (Å²) in [6.07, 6.45) is 2.80. The van der Waals surface area contributed by atoms with Crippen LogP contribution in [0.2, 0.25) is 0 Å². The summed E-state index contributed by atoms with van der Waals surface area (Å²) in [5.74, 6) is 0.205. The first-order chi connectivity index (χ1) is 28.3. The van der Waals surface area contributed by atoms with E-state index < -0.39 is 0 Å². The van der Waals surface area contributed by atoms with Gasteiger partial charge in [-0.15, -0.1) is 18.2 Å². The Labute approximate surface area is 361 Å². The molecular weight excluding hydrogens is 900 g/mol. The van der Waals surface area contributed by atoms with Crippen LogP contribution in [0.1, 0.15) is 37.5 Å². The number of pyridine rings is 2. The number of rotatable bonds is 8. The monoisotopic (exact) mass is 942 g/mol. The van der Waals surface area contributed by atoms with Gasteiger partial charge in [-0.3, -0.25) is 9.97 Å². The third kappa shape index (κ3) is 8.44. The van der Waals surface area contributed by atoms with Gasteiger partial charge in [-0.1, -0.05) is 189 Å². The van der Waals surface area contributed by atoms with Crippen molar-refractivity contribution in [2.45, 2.75) is 32.6 Å². The molecule has 290 valence electrons. The number of aromatic nitrogens is 2. The Balaban J connectivity index is 0.00000484. The first-order valence-corrected chi connectivity index (χ1v) is 19.8. The second kappa shape index (κ2) is 16.8. The van der Waals surface area contributed by atoms with Gasteiger partial charge in [0.05, 0.1) is 5.69 Å². The van der Waals surface area contributed by atoms with Gasteiger partial charge >= 0.3 is 0 Å². The Hall–Kier alpha value is -6.41. The molecule has 7 aromatic carbocycles. The molecule has 0 spiro atoms. The molecule has 0 fully saturated rings. The molecule has 0 aliphatic rings. The molecule has 0 saturated carbocycles. The summed E-state index contributed by atoms with van der Waals surface area (Å²) >= 11 is 0. The summed E-state index contributed by atoms with van der Waals surface area (Å²) < 4.78 is 0. The van der Waals surface area contributed by atoms with E-state index in [4.69, 9.17) is 9.97 Å². The van der Waals surface area contributed by atoms with Crippen LogP contribution in [-0.2, 0) is 32.9 Å². The van der Waals surface area contributed by atoms with Crippen molar-refractivity contribution < 1.29 is 26.2 Å². The SMILES string of the molecule is CC(C)(C)c1ccc(-c2cc(-c3cccc4ccccc34)cc(-c3[c-]c(-c4cc(-c5ccccc5)c(Cc5ccccc5)cn4)cc(-c4ccccc4)c3)n2)c(O)c1.[Pt]. The van der Waals surface area contributed by atoms with Crippen molar-refractivity contribution in [3.8, 4) is 72.9 Å². The minimum Gasteiger partial charge on any atom is -0.507 e. The fourth-order valence-corrected chi connectivity index (χ4v) is 7.77. The molecule has 1 N–H and O–H groups in total. The minimum absolute atomic E-state index is 0. The summed E-state index contributed by atoms with van der Waals surface area (Å²) in [6.45, 7) is 6.46. The number of aromatic hydroxyl groups is 1. The first kappa shape index (κ1) is 39.4. The third-order valence-corrected chi connectivity index (χ3v) is 10.9. The Bertz CT molecular complexity index is 2900. The summed E-state index contributed by atoms with van der Waals surface area (Å²) in [5.41, 5.74) is 14.5. The predicted molar refractivity (Wildman–Crippen MR) is 241 cm³/mol. The van der Waals surface area contributed by atoms with Gasteiger partial charge in [0.15, 0.2) is 0 Å². The summed E-state index contributed by atoms with van der Waals surface area (Å²) in [4.78, 5) is 10.4. The van der Waals surface area contributed by atoms with Crippen LogP contribution in [0, 0.1) is 6.07 Å². The largest absolute Gasteiger partial charge is 0.507 e. The second-order valence-corrected chi connectivity index (χ2v) is 16.0. The summed E-state index contributed by atoms with van der Waals surface area (Å²) in [6, 6.07) is 67.0. The Morgan fingerprint density at radius 3 is 1.85 bits per heavy atom. The smallest absolute Gasteiger partial charge is 0.125 e. The standard InChI is InChI=1S/C55H43N2O.Pt/c1-55(2,3)46-26-27-49(54(58)34-46)53-33-42(48-25-15-23-39-22-13-14-24-47(39)48)32-52(57-53)44-30-41(38-18-9-5-10-19-38)29-43(31-44)51-35-50(40-20-11-6-12-21-40)45(36-56-51)28-37-16-7-4-8-17-37;/h4-27,29-30,32-36,58H,28H2,1-3H3;/q-1;. The Kier molecular flexibility index (Phi) is 11.2. The van der Waals surface area contributed by atoms with Crippen molar-refractivity contribution in [2.75, 3.05) is 0 Å². The normalized spacial score (nSPS) is 11.3. The fraction of sp³-hybridized carbons (Fsp3) is 0.0909. The van der Waals surface area contributed by atoms with E-state index in [1.165, 1.54) is 5.56 Å². The Morgan fingerprint density at radius 2 is 1.14 bits per heavy atom. The Morgan fingerprint density at radius 1 is 0.508 bits per heavy atom. The van der Waals surface area contributed by atoms with Crippen LogP contribution in [0.15, 0.2) is 188 Å². The van der Waals surface area contributed by atoms with Gasteiger partial charge in [0, 0.05) is 44.2 Å². The molecule has 0 saturated heterocycles. The van der Waals surface area contributed by atoms with E-state index >= 15 is 0 Å². The minimum atomic E-state index is -0.114. The summed E-state index contributed by atoms with van der Waals surface area (Å²) in [7, 11) is 0. The molecule has 0 bridgehead atoms. The number of phenolic OH excluding ortho intramolecular Hbond substituents is 1. The molecule has 59 heavy (non-hydrogen) atoms. The zero-order valence-electron chi connectivity index (χ0n) is 33.3. The van der Waals surface area contributed by atoms with Gasteiger partial charge in [-0.25, -0.2) is 0 Å². The van der Waals surface area contributed by atoms with E-state index in [0.29, 0.717) is 11.3 Å². The van der Waals surface area contributed by atoms with Crippen molar-refractivity contribution >= 4 is 10.8 Å². The van der Waals surface area contributed by atoms with E-state index in [-0.39, 0.29) is 32.2 Å². The molecule has 0 amide bonds. The average Bonchev–Trinajstić information content (AvgIpc) is 3.26. The molecule has 2 heterocycles. The molecule has 0 aliphatic carbocycles. The molecule has 0 atom stereocenters. The van der Waals surface area contributed by atoms with Crippen LogP contribution in [0.3, 0.4) is 0 Å². The number of phenols is 1. The number of hydrogen-bond donors (Lipinski definition) is 1. The summed E-state index contributed by atoms with van der Waals surface area (Å²) in [5, 5.41) is 13.9. The fourth-order valence-electron chi connectivity index (χ4n) is 7.77. The third-order valence-electron chi connectivity index (χ3n) is 10.9. The maximum atomic E-state index is 11.6. The van der Waals surface area contributed by atoms with Crippen LogP contribution >= 0.6 is 0 Å². The second-order valence-electron chi connectivity index (χ2n) is 16.0. The maximum Gasteiger partial charge on any atom is 0.125 e. The van der Waals surface area contributed by atoms with E-state index in [2.05, 4.69) is 191 Å². The van der Waals surface area contributed by atoms with Crippen LogP contribution in [0.4, 0.5) is 0 Å². The van der Waals surface area contributed by atoms with Gasteiger partial charge < -0.3 is 5.11 Å². The van der Waals surface area contributed by atoms with Gasteiger partial charge in [-0.2, -0.15) is 0 Å². The molecule has 9 aromatic rings. The molecule has 0 aliphatic heterocycles. The van der Waals surface area contributed by atoms with Gasteiger partial charge in [0.1, 0.15) is 5.75 Å². The zero-order valence-corrected chi connectivity index (χ0v) is 35.5. The van der Waals surface area contributed by atoms with Crippen LogP contribution < -0.4 is 0 Å². The maximum absolute atomic E-state index is 11.6. The molecule has 0 unspecified atom stereocenters. The topological polar surface area (TPSA) is 46.0 Å². The number of benzene rings is 7. The first-order valence-electron chi connectivity index (χ1n) is 19.8. The van der Waals surface area contributed by atoms with Gasteiger partial charge in [0.2, 0.25) is 0 Å². The van der Waals surface area contributed by atoms with Crippen molar-refractivity contribution in [3.63, 3.8) is 0 Å². The van der Waals surface area contributed by atoms with E-state index in [1.54, 1.807) is 0 Å². The van der Waals surface area contributed by atoms with Crippen molar-refractivity contribution in [2.24, 2.45) is 0 Å². The van der Waals surface area contributed by atoms with E-state index in [0.717, 1.165) is 84.2 Å². The molecule has 0 radical (unpaired) electrons. The van der Waals surface area contributed by atoms with Crippen LogP contribution in [-0.4, -0.2) is 15.1 Å². The van der Waals surface area contributed by atoms with Crippen LogP contribution in [0.5, 0.6) is 5.75 Å². The van der Waals surface area contributed by atoms with Crippen molar-refractivity contribution in [1.82, 2.24) is 9.97 Å². The predicted octanol–water partition coefficient (Wildman–Crippen LogP) is 14.0. The molecule has 9 rings (SSSR count). The number of hydrogen-bond acceptors (Lipinski definition) is 3. The quantitative estimate of drug-likeness (QED) is 0.154. The van der Waals surface area contributed by atoms with E-state index in [9.17, 15) is 5.11 Å². The van der Waals surface area contributed by atoms with E-state index in [1.807, 2.05) is 24.4 Å². The van der Waals surface area contributed by atoms with Crippen molar-refractivity contribution in [3.05, 3.63) is 211 Å². The molecule has 2 aromatic heterocycles. The molecular formula is C55H43N2OPt-.